The van der Waals surface area contributed by atoms with Crippen molar-refractivity contribution in [2.75, 3.05) is 18.0 Å². The molecule has 0 N–H and O–H groups in total. The van der Waals surface area contributed by atoms with Crippen LogP contribution in [0.3, 0.4) is 0 Å². The fraction of sp³-hybridized carbons (Fsp3) is 0.368. The Morgan fingerprint density at radius 3 is 2.33 bits per heavy atom. The molecule has 1 saturated heterocycles. The van der Waals surface area contributed by atoms with Crippen LogP contribution in [0.15, 0.2) is 24.3 Å². The molecular formula is C19H22N5. The van der Waals surface area contributed by atoms with E-state index < -0.39 is 0 Å². The lowest BCUT2D eigenvalue weighted by atomic mass is 10.1. The van der Waals surface area contributed by atoms with Crippen LogP contribution in [0.2, 0.25) is 0 Å². The molecule has 4 rings (SSSR count). The van der Waals surface area contributed by atoms with E-state index in [1.54, 1.807) is 0 Å². The molecule has 0 atom stereocenters. The van der Waals surface area contributed by atoms with Crippen molar-refractivity contribution in [3.63, 3.8) is 0 Å². The van der Waals surface area contributed by atoms with E-state index in [0.29, 0.717) is 0 Å². The molecule has 1 aliphatic rings. The van der Waals surface area contributed by atoms with E-state index in [9.17, 15) is 0 Å². The van der Waals surface area contributed by atoms with Crippen LogP contribution in [0, 0.1) is 27.2 Å². The zero-order chi connectivity index (χ0) is 16.7. The lowest BCUT2D eigenvalue weighted by molar-refractivity contribution is 0.667. The molecule has 0 unspecified atom stereocenters. The van der Waals surface area contributed by atoms with Crippen molar-refractivity contribution in [2.24, 2.45) is 0 Å². The highest BCUT2D eigenvalue weighted by Crippen LogP contribution is 2.30. The lowest BCUT2D eigenvalue weighted by Gasteiger charge is -2.27. The SMILES string of the molecule is Cc1ccc(-n2nc3c(N4CC[CH]CC4)nnc(C)c3c2C)cc1. The van der Waals surface area contributed by atoms with Gasteiger partial charge >= 0.3 is 0 Å². The van der Waals surface area contributed by atoms with E-state index in [-0.39, 0.29) is 0 Å². The maximum atomic E-state index is 4.91. The van der Waals surface area contributed by atoms with Crippen LogP contribution in [0.1, 0.15) is 29.8 Å². The molecule has 5 nitrogen and oxygen atoms in total. The van der Waals surface area contributed by atoms with Crippen molar-refractivity contribution < 1.29 is 0 Å². The number of aryl methyl sites for hydroxylation is 3. The maximum Gasteiger partial charge on any atom is 0.179 e. The fourth-order valence-electron chi connectivity index (χ4n) is 3.42. The molecule has 5 heteroatoms. The Kier molecular flexibility index (Phi) is 3.71. The molecule has 0 saturated carbocycles. The second-order valence-corrected chi connectivity index (χ2v) is 6.52. The molecule has 123 valence electrons. The first kappa shape index (κ1) is 15.1. The van der Waals surface area contributed by atoms with Gasteiger partial charge in [-0.3, -0.25) is 0 Å². The normalized spacial score (nSPS) is 15.2. The maximum absolute atomic E-state index is 4.91. The van der Waals surface area contributed by atoms with Crippen molar-refractivity contribution >= 4 is 16.7 Å². The summed E-state index contributed by atoms with van der Waals surface area (Å²) in [6.07, 6.45) is 4.52. The molecule has 0 bridgehead atoms. The molecule has 2 aromatic heterocycles. The van der Waals surface area contributed by atoms with E-state index in [0.717, 1.165) is 59.7 Å². The van der Waals surface area contributed by atoms with Gasteiger partial charge in [0.15, 0.2) is 5.82 Å². The van der Waals surface area contributed by atoms with Crippen molar-refractivity contribution in [1.82, 2.24) is 20.0 Å². The van der Waals surface area contributed by atoms with Crippen LogP contribution in [-0.4, -0.2) is 33.1 Å². The summed E-state index contributed by atoms with van der Waals surface area (Å²) in [7, 11) is 0. The molecule has 0 aliphatic carbocycles. The fourth-order valence-corrected chi connectivity index (χ4v) is 3.42. The van der Waals surface area contributed by atoms with Crippen LogP contribution in [-0.2, 0) is 0 Å². The smallest absolute Gasteiger partial charge is 0.179 e. The van der Waals surface area contributed by atoms with E-state index >= 15 is 0 Å². The molecular weight excluding hydrogens is 298 g/mol. The van der Waals surface area contributed by atoms with Crippen molar-refractivity contribution in [3.8, 4) is 5.69 Å². The van der Waals surface area contributed by atoms with Crippen LogP contribution < -0.4 is 4.90 Å². The van der Waals surface area contributed by atoms with Crippen LogP contribution in [0.25, 0.3) is 16.6 Å². The van der Waals surface area contributed by atoms with Crippen LogP contribution in [0.4, 0.5) is 5.82 Å². The van der Waals surface area contributed by atoms with Gasteiger partial charge in [0, 0.05) is 13.1 Å². The minimum absolute atomic E-state index is 0.915. The van der Waals surface area contributed by atoms with E-state index in [2.05, 4.69) is 59.6 Å². The summed E-state index contributed by atoms with van der Waals surface area (Å²) in [5.74, 6) is 0.915. The van der Waals surface area contributed by atoms with E-state index in [4.69, 9.17) is 5.10 Å². The third-order valence-electron chi connectivity index (χ3n) is 4.77. The standard InChI is InChI=1S/C19H22N5/c1-13-7-9-16(10-8-13)24-15(3)17-14(2)20-21-19(18(17)22-24)23-11-5-4-6-12-23/h4,7-10H,5-6,11-12H2,1-3H3. The monoisotopic (exact) mass is 320 g/mol. The van der Waals surface area contributed by atoms with Gasteiger partial charge in [-0.25, -0.2) is 4.68 Å². The third-order valence-corrected chi connectivity index (χ3v) is 4.77. The Bertz CT molecular complexity index is 873. The number of rotatable bonds is 2. The Labute approximate surface area is 142 Å². The van der Waals surface area contributed by atoms with Crippen LogP contribution >= 0.6 is 0 Å². The molecule has 3 heterocycles. The second kappa shape index (κ2) is 5.89. The quantitative estimate of drug-likeness (QED) is 0.724. The van der Waals surface area contributed by atoms with E-state index in [1.165, 1.54) is 5.56 Å². The molecule has 1 aliphatic heterocycles. The Hall–Kier alpha value is -2.43. The third kappa shape index (κ3) is 2.44. The highest BCUT2D eigenvalue weighted by Gasteiger charge is 2.21. The van der Waals surface area contributed by atoms with Gasteiger partial charge in [-0.1, -0.05) is 17.7 Å². The average Bonchev–Trinajstić information content (AvgIpc) is 2.95. The first-order chi connectivity index (χ1) is 11.6. The second-order valence-electron chi connectivity index (χ2n) is 6.52. The first-order valence-corrected chi connectivity index (χ1v) is 8.51. The number of nitrogens with zero attached hydrogens (tertiary/aromatic N) is 5. The highest BCUT2D eigenvalue weighted by atomic mass is 15.3. The van der Waals surface area contributed by atoms with E-state index in [1.807, 2.05) is 11.6 Å². The van der Waals surface area contributed by atoms with Crippen molar-refractivity contribution in [1.29, 1.82) is 0 Å². The molecule has 0 amide bonds. The zero-order valence-corrected chi connectivity index (χ0v) is 14.5. The Balaban J connectivity index is 1.89. The summed E-state index contributed by atoms with van der Waals surface area (Å²) in [5, 5.41) is 14.9. The van der Waals surface area contributed by atoms with Gasteiger partial charge in [-0.05, 0) is 52.2 Å². The topological polar surface area (TPSA) is 46.8 Å². The van der Waals surface area contributed by atoms with Gasteiger partial charge in [-0.15, -0.1) is 5.10 Å². The van der Waals surface area contributed by atoms with Crippen molar-refractivity contribution in [2.45, 2.75) is 33.6 Å². The largest absolute Gasteiger partial charge is 0.353 e. The molecule has 24 heavy (non-hydrogen) atoms. The van der Waals surface area contributed by atoms with Gasteiger partial charge in [0.05, 0.1) is 22.5 Å². The summed E-state index contributed by atoms with van der Waals surface area (Å²) in [6.45, 7) is 8.20. The number of piperidine rings is 1. The van der Waals surface area contributed by atoms with Gasteiger partial charge in [-0.2, -0.15) is 10.2 Å². The molecule has 0 spiro atoms. The van der Waals surface area contributed by atoms with Crippen molar-refractivity contribution in [3.05, 3.63) is 47.6 Å². The number of fused-ring (bicyclic) bond motifs is 1. The zero-order valence-electron chi connectivity index (χ0n) is 14.5. The summed E-state index contributed by atoms with van der Waals surface area (Å²) >= 11 is 0. The number of hydrogen-bond acceptors (Lipinski definition) is 4. The summed E-state index contributed by atoms with van der Waals surface area (Å²) in [6, 6.07) is 8.46. The predicted molar refractivity (Wildman–Crippen MR) is 96.6 cm³/mol. The number of hydrogen-bond donors (Lipinski definition) is 0. The Morgan fingerprint density at radius 2 is 1.62 bits per heavy atom. The van der Waals surface area contributed by atoms with Gasteiger partial charge < -0.3 is 4.90 Å². The number of anilines is 1. The number of aromatic nitrogens is 4. The minimum atomic E-state index is 0.915. The molecule has 3 aromatic rings. The summed E-state index contributed by atoms with van der Waals surface area (Å²) in [4.78, 5) is 2.31. The summed E-state index contributed by atoms with van der Waals surface area (Å²) in [5.41, 5.74) is 5.34. The average molecular weight is 320 g/mol. The molecule has 1 aromatic carbocycles. The number of benzene rings is 1. The van der Waals surface area contributed by atoms with Crippen LogP contribution in [0.5, 0.6) is 0 Å². The van der Waals surface area contributed by atoms with Gasteiger partial charge in [0.25, 0.3) is 0 Å². The molecule has 1 fully saturated rings. The summed E-state index contributed by atoms with van der Waals surface area (Å²) < 4.78 is 2.01. The minimum Gasteiger partial charge on any atom is -0.353 e. The first-order valence-electron chi connectivity index (χ1n) is 8.51. The molecule has 1 radical (unpaired) electrons. The lowest BCUT2D eigenvalue weighted by Crippen LogP contribution is -2.31. The predicted octanol–water partition coefficient (Wildman–Crippen LogP) is 3.55. The van der Waals surface area contributed by atoms with Gasteiger partial charge in [0.1, 0.15) is 5.52 Å². The van der Waals surface area contributed by atoms with Gasteiger partial charge in [0.2, 0.25) is 0 Å². The highest BCUT2D eigenvalue weighted by molar-refractivity contribution is 5.92. The Morgan fingerprint density at radius 1 is 0.917 bits per heavy atom.